The first-order valence-electron chi connectivity index (χ1n) is 8.68. The second-order valence-corrected chi connectivity index (χ2v) is 8.03. The fraction of sp³-hybridized carbons (Fsp3) is 0.941. The van der Waals surface area contributed by atoms with Crippen LogP contribution in [0, 0.1) is 11.3 Å². The summed E-state index contributed by atoms with van der Waals surface area (Å²) in [4.78, 5) is 17.5. The van der Waals surface area contributed by atoms with Gasteiger partial charge in [-0.3, -0.25) is 9.69 Å². The highest BCUT2D eigenvalue weighted by atomic mass is 32.1. The molecule has 1 rings (SSSR count). The van der Waals surface area contributed by atoms with Crippen LogP contribution in [0.4, 0.5) is 0 Å². The van der Waals surface area contributed by atoms with Gasteiger partial charge in [0.15, 0.2) is 0 Å². The number of ether oxygens (including phenoxy) is 1. The van der Waals surface area contributed by atoms with E-state index in [0.29, 0.717) is 12.5 Å². The monoisotopic (exact) mass is 345 g/mol. The van der Waals surface area contributed by atoms with Crippen LogP contribution < -0.4 is 5.32 Å². The summed E-state index contributed by atoms with van der Waals surface area (Å²) in [5, 5.41) is 3.41. The topological polar surface area (TPSA) is 44.8 Å². The van der Waals surface area contributed by atoms with Gasteiger partial charge in [-0.2, -0.15) is 12.6 Å². The Balaban J connectivity index is 2.74. The van der Waals surface area contributed by atoms with Gasteiger partial charge in [0, 0.05) is 45.2 Å². The molecule has 1 saturated heterocycles. The molecular formula is C17H35N3O2S. The van der Waals surface area contributed by atoms with Gasteiger partial charge in [0.2, 0.25) is 5.91 Å². The van der Waals surface area contributed by atoms with Crippen molar-refractivity contribution in [3.63, 3.8) is 0 Å². The zero-order chi connectivity index (χ0) is 17.5. The second-order valence-electron chi connectivity index (χ2n) is 7.28. The van der Waals surface area contributed by atoms with Crippen molar-refractivity contribution in [3.05, 3.63) is 0 Å². The number of hydrogen-bond donors (Lipinski definition) is 2. The molecule has 0 aliphatic carbocycles. The Kier molecular flexibility index (Phi) is 8.90. The van der Waals surface area contributed by atoms with E-state index in [4.69, 9.17) is 4.74 Å². The molecule has 0 aromatic heterocycles. The third-order valence-electron chi connectivity index (χ3n) is 4.69. The molecule has 1 atom stereocenters. The summed E-state index contributed by atoms with van der Waals surface area (Å²) in [7, 11) is 3.79. The Bertz CT molecular complexity index is 356. The molecule has 0 radical (unpaired) electrons. The number of carbonyl (C=O) groups is 1. The third kappa shape index (κ3) is 6.61. The lowest BCUT2D eigenvalue weighted by molar-refractivity contribution is -0.135. The van der Waals surface area contributed by atoms with Crippen molar-refractivity contribution in [3.8, 4) is 0 Å². The summed E-state index contributed by atoms with van der Waals surface area (Å²) in [6, 6.07) is 0. The van der Waals surface area contributed by atoms with Gasteiger partial charge in [-0.15, -0.1) is 0 Å². The van der Waals surface area contributed by atoms with E-state index in [1.165, 1.54) is 0 Å². The SMILES string of the molecule is COCCN(C)CC1(C(=O)NCC(C)C)CCN(C(C)S)CC1. The van der Waals surface area contributed by atoms with Crippen molar-refractivity contribution in [2.45, 2.75) is 39.0 Å². The molecule has 1 N–H and O–H groups in total. The van der Waals surface area contributed by atoms with Crippen LogP contribution in [0.2, 0.25) is 0 Å². The van der Waals surface area contributed by atoms with Crippen LogP contribution >= 0.6 is 12.6 Å². The minimum atomic E-state index is -0.295. The first-order valence-corrected chi connectivity index (χ1v) is 9.20. The minimum Gasteiger partial charge on any atom is -0.383 e. The van der Waals surface area contributed by atoms with E-state index < -0.39 is 0 Å². The Labute approximate surface area is 147 Å². The Morgan fingerprint density at radius 1 is 1.35 bits per heavy atom. The molecule has 5 nitrogen and oxygen atoms in total. The number of rotatable bonds is 9. The van der Waals surface area contributed by atoms with Crippen LogP contribution in [0.15, 0.2) is 0 Å². The predicted octanol–water partition coefficient (Wildman–Crippen LogP) is 1.69. The maximum atomic E-state index is 12.9. The lowest BCUT2D eigenvalue weighted by Gasteiger charge is -2.43. The van der Waals surface area contributed by atoms with E-state index in [-0.39, 0.29) is 16.7 Å². The minimum absolute atomic E-state index is 0.210. The van der Waals surface area contributed by atoms with Gasteiger partial charge in [0.1, 0.15) is 0 Å². The zero-order valence-electron chi connectivity index (χ0n) is 15.5. The summed E-state index contributed by atoms with van der Waals surface area (Å²) in [6.45, 7) is 11.3. The molecule has 1 fully saturated rings. The first kappa shape index (κ1) is 20.7. The highest BCUT2D eigenvalue weighted by molar-refractivity contribution is 7.80. The van der Waals surface area contributed by atoms with E-state index in [2.05, 4.69) is 55.6 Å². The maximum Gasteiger partial charge on any atom is 0.227 e. The molecule has 136 valence electrons. The van der Waals surface area contributed by atoms with Gasteiger partial charge in [-0.05, 0) is 32.7 Å². The van der Waals surface area contributed by atoms with E-state index >= 15 is 0 Å². The molecule has 1 aliphatic heterocycles. The van der Waals surface area contributed by atoms with E-state index in [1.807, 2.05) is 0 Å². The number of likely N-dealkylation sites (N-methyl/N-ethyl adjacent to an activating group) is 1. The van der Waals surface area contributed by atoms with Crippen LogP contribution in [0.5, 0.6) is 0 Å². The molecule has 0 spiro atoms. The summed E-state index contributed by atoms with van der Waals surface area (Å²) < 4.78 is 5.16. The van der Waals surface area contributed by atoms with Crippen molar-refractivity contribution in [1.82, 2.24) is 15.1 Å². The number of hydrogen-bond acceptors (Lipinski definition) is 5. The van der Waals surface area contributed by atoms with Crippen LogP contribution in [0.1, 0.15) is 33.6 Å². The molecular weight excluding hydrogens is 310 g/mol. The van der Waals surface area contributed by atoms with E-state index in [0.717, 1.165) is 45.6 Å². The van der Waals surface area contributed by atoms with Gasteiger partial charge < -0.3 is 15.0 Å². The summed E-state index contributed by atoms with van der Waals surface area (Å²) in [6.07, 6.45) is 1.78. The smallest absolute Gasteiger partial charge is 0.227 e. The molecule has 0 aromatic rings. The standard InChI is InChI=1S/C17H35N3O2S/c1-14(2)12-18-16(21)17(13-19(4)10-11-22-5)6-8-20(9-7-17)15(3)23/h14-15,23H,6-13H2,1-5H3,(H,18,21). The van der Waals surface area contributed by atoms with Crippen molar-refractivity contribution in [2.75, 3.05) is 53.5 Å². The number of carbonyl (C=O) groups excluding carboxylic acids is 1. The van der Waals surface area contributed by atoms with Crippen molar-refractivity contribution < 1.29 is 9.53 Å². The summed E-state index contributed by atoms with van der Waals surface area (Å²) in [5.74, 6) is 0.682. The lowest BCUT2D eigenvalue weighted by atomic mass is 9.76. The van der Waals surface area contributed by atoms with Crippen LogP contribution in [-0.4, -0.2) is 74.6 Å². The van der Waals surface area contributed by atoms with Crippen LogP contribution in [0.3, 0.4) is 0 Å². The number of thiol groups is 1. The molecule has 23 heavy (non-hydrogen) atoms. The number of likely N-dealkylation sites (tertiary alicyclic amines) is 1. The molecule has 0 saturated carbocycles. The third-order valence-corrected chi connectivity index (χ3v) is 5.01. The normalized spacial score (nSPS) is 20.0. The first-order chi connectivity index (χ1) is 10.8. The largest absolute Gasteiger partial charge is 0.383 e. The van der Waals surface area contributed by atoms with E-state index in [1.54, 1.807) is 7.11 Å². The van der Waals surface area contributed by atoms with Gasteiger partial charge in [0.05, 0.1) is 12.0 Å². The number of piperidine rings is 1. The fourth-order valence-corrected chi connectivity index (χ4v) is 3.34. The Hall–Kier alpha value is -0.300. The van der Waals surface area contributed by atoms with Crippen molar-refractivity contribution in [1.29, 1.82) is 0 Å². The Morgan fingerprint density at radius 3 is 2.43 bits per heavy atom. The molecule has 0 bridgehead atoms. The molecule has 1 unspecified atom stereocenters. The van der Waals surface area contributed by atoms with Gasteiger partial charge in [-0.1, -0.05) is 13.8 Å². The van der Waals surface area contributed by atoms with Crippen LogP contribution in [0.25, 0.3) is 0 Å². The fourth-order valence-electron chi connectivity index (χ4n) is 3.11. The number of nitrogens with zero attached hydrogens (tertiary/aromatic N) is 2. The summed E-state index contributed by atoms with van der Waals surface area (Å²) >= 11 is 4.53. The van der Waals surface area contributed by atoms with Gasteiger partial charge in [-0.25, -0.2) is 0 Å². The highest BCUT2D eigenvalue weighted by Crippen LogP contribution is 2.34. The Morgan fingerprint density at radius 2 is 1.96 bits per heavy atom. The highest BCUT2D eigenvalue weighted by Gasteiger charge is 2.42. The number of methoxy groups -OCH3 is 1. The average molecular weight is 346 g/mol. The molecule has 0 aromatic carbocycles. The van der Waals surface area contributed by atoms with Crippen molar-refractivity contribution >= 4 is 18.5 Å². The summed E-state index contributed by atoms with van der Waals surface area (Å²) in [5.41, 5.74) is -0.295. The quantitative estimate of drug-likeness (QED) is 0.624. The molecule has 1 heterocycles. The lowest BCUT2D eigenvalue weighted by Crippen LogP contribution is -2.55. The van der Waals surface area contributed by atoms with Gasteiger partial charge >= 0.3 is 0 Å². The second kappa shape index (κ2) is 9.87. The average Bonchev–Trinajstić information content (AvgIpc) is 2.50. The molecule has 6 heteroatoms. The zero-order valence-corrected chi connectivity index (χ0v) is 16.4. The predicted molar refractivity (Wildman–Crippen MR) is 98.9 cm³/mol. The molecule has 1 aliphatic rings. The van der Waals surface area contributed by atoms with E-state index in [9.17, 15) is 4.79 Å². The van der Waals surface area contributed by atoms with Crippen LogP contribution in [-0.2, 0) is 9.53 Å². The maximum absolute atomic E-state index is 12.9. The van der Waals surface area contributed by atoms with Gasteiger partial charge in [0.25, 0.3) is 0 Å². The molecule has 1 amide bonds. The number of amides is 1. The number of nitrogens with one attached hydrogen (secondary N) is 1. The van der Waals surface area contributed by atoms with Crippen molar-refractivity contribution in [2.24, 2.45) is 11.3 Å².